The second-order valence-electron chi connectivity index (χ2n) is 2.92. The fraction of sp³-hybridized carbons (Fsp3) is 0.250. The van der Waals surface area contributed by atoms with Crippen LogP contribution in [-0.4, -0.2) is 39.2 Å². The van der Waals surface area contributed by atoms with E-state index in [1.165, 1.54) is 6.20 Å². The van der Waals surface area contributed by atoms with E-state index in [-0.39, 0.29) is 0 Å². The maximum absolute atomic E-state index is 11.3. The molecule has 1 aromatic heterocycles. The minimum atomic E-state index is -1.48. The number of carbonyl (C=O) groups excluding carboxylic acids is 1. The Morgan fingerprint density at radius 1 is 1.41 bits per heavy atom. The largest absolute Gasteiger partial charge is 0.481 e. The first-order chi connectivity index (χ1) is 7.99. The monoisotopic (exact) mass is 259 g/mol. The summed E-state index contributed by atoms with van der Waals surface area (Å²) in [5, 5.41) is 23.4. The van der Waals surface area contributed by atoms with Crippen molar-refractivity contribution in [3.05, 3.63) is 11.6 Å². The minimum absolute atomic E-state index is 0.293. The third-order valence-electron chi connectivity index (χ3n) is 1.63. The van der Waals surface area contributed by atoms with E-state index >= 15 is 0 Å². The van der Waals surface area contributed by atoms with Gasteiger partial charge in [-0.2, -0.15) is 0 Å². The Hall–Kier alpha value is -2.16. The Kier molecular flexibility index (Phi) is 4.40. The normalized spacial score (nSPS) is 11.5. The Labute approximate surface area is 99.3 Å². The van der Waals surface area contributed by atoms with Crippen LogP contribution in [0.2, 0.25) is 0 Å². The maximum Gasteiger partial charge on any atom is 0.326 e. The molecule has 4 N–H and O–H groups in total. The molecule has 0 bridgehead atoms. The van der Waals surface area contributed by atoms with Crippen LogP contribution in [0.15, 0.2) is 11.6 Å². The molecule has 17 heavy (non-hydrogen) atoms. The summed E-state index contributed by atoms with van der Waals surface area (Å²) in [7, 11) is 0. The van der Waals surface area contributed by atoms with E-state index in [1.54, 1.807) is 5.38 Å². The van der Waals surface area contributed by atoms with Crippen molar-refractivity contribution in [3.63, 3.8) is 0 Å². The van der Waals surface area contributed by atoms with Gasteiger partial charge >= 0.3 is 18.0 Å². The summed E-state index contributed by atoms with van der Waals surface area (Å²) < 4.78 is 0. The molecule has 1 unspecified atom stereocenters. The molecule has 0 aliphatic carbocycles. The zero-order chi connectivity index (χ0) is 12.8. The van der Waals surface area contributed by atoms with E-state index in [0.29, 0.717) is 5.13 Å². The second-order valence-corrected chi connectivity index (χ2v) is 3.82. The highest BCUT2D eigenvalue weighted by Crippen LogP contribution is 2.09. The molecule has 1 aromatic rings. The van der Waals surface area contributed by atoms with Crippen LogP contribution in [-0.2, 0) is 9.59 Å². The average Bonchev–Trinajstić information content (AvgIpc) is 2.68. The van der Waals surface area contributed by atoms with Crippen molar-refractivity contribution < 1.29 is 24.6 Å². The van der Waals surface area contributed by atoms with Crippen molar-refractivity contribution >= 4 is 34.4 Å². The van der Waals surface area contributed by atoms with Crippen molar-refractivity contribution in [3.8, 4) is 0 Å². The maximum atomic E-state index is 11.3. The molecule has 8 nitrogen and oxygen atoms in total. The third kappa shape index (κ3) is 4.47. The molecule has 92 valence electrons. The molecule has 1 heterocycles. The van der Waals surface area contributed by atoms with Crippen molar-refractivity contribution in [2.45, 2.75) is 12.5 Å². The molecular formula is C8H9N3O5S. The van der Waals surface area contributed by atoms with E-state index in [2.05, 4.69) is 10.3 Å². The third-order valence-corrected chi connectivity index (χ3v) is 2.32. The van der Waals surface area contributed by atoms with Gasteiger partial charge in [0.05, 0.1) is 6.42 Å². The van der Waals surface area contributed by atoms with E-state index < -0.39 is 30.4 Å². The average molecular weight is 259 g/mol. The number of carboxylic acid groups (broad SMARTS) is 2. The first kappa shape index (κ1) is 12.9. The van der Waals surface area contributed by atoms with Crippen molar-refractivity contribution in [1.82, 2.24) is 10.3 Å². The zero-order valence-corrected chi connectivity index (χ0v) is 9.23. The number of rotatable bonds is 5. The SMILES string of the molecule is O=C(O)CC(NC(=O)Nc1nccs1)C(=O)O. The second kappa shape index (κ2) is 5.80. The molecular weight excluding hydrogens is 250 g/mol. The van der Waals surface area contributed by atoms with Crippen molar-refractivity contribution in [1.29, 1.82) is 0 Å². The molecule has 1 atom stereocenters. The van der Waals surface area contributed by atoms with Crippen LogP contribution < -0.4 is 10.6 Å². The molecule has 2 amide bonds. The first-order valence-corrected chi connectivity index (χ1v) is 5.28. The lowest BCUT2D eigenvalue weighted by Crippen LogP contribution is -2.44. The van der Waals surface area contributed by atoms with E-state index in [1.807, 2.05) is 5.32 Å². The highest BCUT2D eigenvalue weighted by molar-refractivity contribution is 7.13. The Balaban J connectivity index is 2.52. The van der Waals surface area contributed by atoms with Crippen LogP contribution in [0.3, 0.4) is 0 Å². The van der Waals surface area contributed by atoms with E-state index in [9.17, 15) is 14.4 Å². The number of urea groups is 1. The minimum Gasteiger partial charge on any atom is -0.481 e. The van der Waals surface area contributed by atoms with Gasteiger partial charge in [-0.1, -0.05) is 0 Å². The predicted molar refractivity (Wildman–Crippen MR) is 57.9 cm³/mol. The van der Waals surface area contributed by atoms with Crippen molar-refractivity contribution in [2.75, 3.05) is 5.32 Å². The van der Waals surface area contributed by atoms with Crippen LogP contribution in [0.4, 0.5) is 9.93 Å². The number of aromatic nitrogens is 1. The Morgan fingerprint density at radius 2 is 2.12 bits per heavy atom. The Morgan fingerprint density at radius 3 is 2.59 bits per heavy atom. The van der Waals surface area contributed by atoms with Crippen LogP contribution >= 0.6 is 11.3 Å². The number of hydrogen-bond acceptors (Lipinski definition) is 5. The number of thiazole rings is 1. The molecule has 1 rings (SSSR count). The lowest BCUT2D eigenvalue weighted by atomic mass is 10.2. The summed E-state index contributed by atoms with van der Waals surface area (Å²) in [5.41, 5.74) is 0. The van der Waals surface area contributed by atoms with Gasteiger partial charge in [-0.25, -0.2) is 14.6 Å². The van der Waals surface area contributed by atoms with Gasteiger partial charge in [0, 0.05) is 11.6 Å². The molecule has 0 spiro atoms. The lowest BCUT2D eigenvalue weighted by molar-refractivity contribution is -0.145. The van der Waals surface area contributed by atoms with Gasteiger partial charge in [0.1, 0.15) is 6.04 Å². The van der Waals surface area contributed by atoms with E-state index in [0.717, 1.165) is 11.3 Å². The van der Waals surface area contributed by atoms with Gasteiger partial charge in [-0.05, 0) is 0 Å². The summed E-state index contributed by atoms with van der Waals surface area (Å²) >= 11 is 1.15. The number of anilines is 1. The van der Waals surface area contributed by atoms with Gasteiger partial charge in [0.2, 0.25) is 0 Å². The number of aliphatic carboxylic acids is 2. The van der Waals surface area contributed by atoms with Crippen LogP contribution in [0.5, 0.6) is 0 Å². The van der Waals surface area contributed by atoms with Crippen LogP contribution in [0.25, 0.3) is 0 Å². The molecule has 0 saturated carbocycles. The Bertz CT molecular complexity index is 419. The lowest BCUT2D eigenvalue weighted by Gasteiger charge is -2.11. The number of carbonyl (C=O) groups is 3. The summed E-state index contributed by atoms with van der Waals surface area (Å²) in [6, 6.07) is -2.29. The molecule has 0 saturated heterocycles. The smallest absolute Gasteiger partial charge is 0.326 e. The molecule has 0 aliphatic rings. The number of hydrogen-bond donors (Lipinski definition) is 4. The fourth-order valence-corrected chi connectivity index (χ4v) is 1.48. The zero-order valence-electron chi connectivity index (χ0n) is 8.41. The summed E-state index contributed by atoms with van der Waals surface area (Å²) in [4.78, 5) is 36.1. The van der Waals surface area contributed by atoms with Crippen LogP contribution in [0, 0.1) is 0 Å². The highest BCUT2D eigenvalue weighted by Gasteiger charge is 2.23. The van der Waals surface area contributed by atoms with Gasteiger partial charge in [-0.3, -0.25) is 10.1 Å². The van der Waals surface area contributed by atoms with Gasteiger partial charge in [-0.15, -0.1) is 11.3 Å². The topological polar surface area (TPSA) is 129 Å². The molecule has 0 radical (unpaired) electrons. The van der Waals surface area contributed by atoms with Crippen molar-refractivity contribution in [2.24, 2.45) is 0 Å². The first-order valence-electron chi connectivity index (χ1n) is 4.40. The fourth-order valence-electron chi connectivity index (χ4n) is 0.951. The van der Waals surface area contributed by atoms with Gasteiger partial charge in [0.15, 0.2) is 5.13 Å². The van der Waals surface area contributed by atoms with E-state index in [4.69, 9.17) is 10.2 Å². The predicted octanol–water partition coefficient (Wildman–Crippen LogP) is 0.193. The summed E-state index contributed by atoms with van der Waals surface area (Å²) in [6.07, 6.45) is 0.771. The van der Waals surface area contributed by atoms with Gasteiger partial charge < -0.3 is 15.5 Å². The highest BCUT2D eigenvalue weighted by atomic mass is 32.1. The number of amides is 2. The van der Waals surface area contributed by atoms with Gasteiger partial charge in [0.25, 0.3) is 0 Å². The standard InChI is InChI=1S/C8H9N3O5S/c12-5(13)3-4(6(14)15)10-7(16)11-8-9-1-2-17-8/h1-2,4H,3H2,(H,12,13)(H,14,15)(H2,9,10,11,16). The quantitative estimate of drug-likeness (QED) is 0.597. The summed E-state index contributed by atoms with van der Waals surface area (Å²) in [6.45, 7) is 0. The number of nitrogens with zero attached hydrogens (tertiary/aromatic N) is 1. The number of nitrogens with one attached hydrogen (secondary N) is 2. The molecule has 0 aliphatic heterocycles. The van der Waals surface area contributed by atoms with Crippen LogP contribution in [0.1, 0.15) is 6.42 Å². The molecule has 0 fully saturated rings. The number of carboxylic acids is 2. The molecule has 9 heteroatoms. The molecule has 0 aromatic carbocycles. The summed E-state index contributed by atoms with van der Waals surface area (Å²) in [5.74, 6) is -2.73.